The summed E-state index contributed by atoms with van der Waals surface area (Å²) in [6.07, 6.45) is 5.53. The van der Waals surface area contributed by atoms with Crippen molar-refractivity contribution in [2.45, 2.75) is 37.6 Å². The Kier molecular flexibility index (Phi) is 2.95. The van der Waals surface area contributed by atoms with Crippen molar-refractivity contribution >= 4 is 11.3 Å². The molecule has 0 saturated heterocycles. The van der Waals surface area contributed by atoms with Gasteiger partial charge >= 0.3 is 0 Å². The van der Waals surface area contributed by atoms with Gasteiger partial charge in [-0.2, -0.15) is 5.10 Å². The van der Waals surface area contributed by atoms with Crippen molar-refractivity contribution in [3.8, 4) is 10.7 Å². The molecule has 1 fully saturated rings. The van der Waals surface area contributed by atoms with Gasteiger partial charge in [0.1, 0.15) is 5.82 Å². The van der Waals surface area contributed by atoms with E-state index in [1.807, 2.05) is 23.2 Å². The molecule has 2 N–H and O–H groups in total. The number of rotatable bonds is 3. The molecule has 0 amide bonds. The predicted molar refractivity (Wildman–Crippen MR) is 73.4 cm³/mol. The van der Waals surface area contributed by atoms with Gasteiger partial charge in [-0.05, 0) is 24.3 Å². The summed E-state index contributed by atoms with van der Waals surface area (Å²) in [5.74, 6) is 1.83. The summed E-state index contributed by atoms with van der Waals surface area (Å²) in [5, 5.41) is 6.54. The highest BCUT2D eigenvalue weighted by Crippen LogP contribution is 2.30. The van der Waals surface area contributed by atoms with Crippen LogP contribution in [-0.4, -0.2) is 20.3 Å². The lowest BCUT2D eigenvalue weighted by atomic mass is 9.94. The van der Waals surface area contributed by atoms with Crippen LogP contribution in [-0.2, 0) is 13.5 Å². The summed E-state index contributed by atoms with van der Waals surface area (Å²) in [4.78, 5) is 5.76. The minimum Gasteiger partial charge on any atom is -0.325 e. The Labute approximate surface area is 111 Å². The Morgan fingerprint density at radius 3 is 2.89 bits per heavy atom. The highest BCUT2D eigenvalue weighted by atomic mass is 32.1. The van der Waals surface area contributed by atoms with Crippen LogP contribution in [0.2, 0.25) is 0 Å². The summed E-state index contributed by atoms with van der Waals surface area (Å²) in [5.41, 5.74) is 6.35. The summed E-state index contributed by atoms with van der Waals surface area (Å²) in [6, 6.07) is 4.08. The number of nitrogens with two attached hydrogens (primary N) is 1. The van der Waals surface area contributed by atoms with Crippen molar-refractivity contribution in [2.24, 2.45) is 12.8 Å². The first-order valence-corrected chi connectivity index (χ1v) is 7.27. The van der Waals surface area contributed by atoms with E-state index in [1.54, 1.807) is 11.3 Å². The van der Waals surface area contributed by atoms with Crippen LogP contribution in [0.4, 0.5) is 0 Å². The first kappa shape index (κ1) is 11.9. The van der Waals surface area contributed by atoms with E-state index in [2.05, 4.69) is 16.1 Å². The van der Waals surface area contributed by atoms with Gasteiger partial charge in [0, 0.05) is 19.0 Å². The summed E-state index contributed by atoms with van der Waals surface area (Å²) < 4.78 is 1.88. The van der Waals surface area contributed by atoms with Gasteiger partial charge in [0.15, 0.2) is 5.82 Å². The van der Waals surface area contributed by atoms with Crippen LogP contribution >= 0.6 is 11.3 Å². The maximum atomic E-state index is 6.41. The molecule has 0 aromatic carbocycles. The molecule has 3 rings (SSSR count). The predicted octanol–water partition coefficient (Wildman–Crippen LogP) is 2.36. The minimum atomic E-state index is -0.0620. The quantitative estimate of drug-likeness (QED) is 0.923. The van der Waals surface area contributed by atoms with E-state index in [0.717, 1.165) is 35.8 Å². The van der Waals surface area contributed by atoms with Crippen molar-refractivity contribution in [1.82, 2.24) is 14.8 Å². The molecule has 2 aromatic heterocycles. The zero-order valence-electron chi connectivity index (χ0n) is 10.6. The molecule has 1 aliphatic carbocycles. The first-order chi connectivity index (χ1) is 8.66. The third-order valence-corrected chi connectivity index (χ3v) is 4.57. The van der Waals surface area contributed by atoms with Gasteiger partial charge in [-0.25, -0.2) is 4.98 Å². The van der Waals surface area contributed by atoms with Crippen LogP contribution in [0.15, 0.2) is 17.5 Å². The van der Waals surface area contributed by atoms with Crippen LogP contribution in [0.3, 0.4) is 0 Å². The minimum absolute atomic E-state index is 0.0620. The standard InChI is InChI=1S/C13H18N4S/c1-17-11(9-13(14)6-2-3-7-13)15-12(16-17)10-5-4-8-18-10/h4-5,8H,2-3,6-7,9,14H2,1H3. The molecule has 2 aromatic rings. The SMILES string of the molecule is Cn1nc(-c2cccs2)nc1CC1(N)CCCC1. The Morgan fingerprint density at radius 2 is 2.22 bits per heavy atom. The van der Waals surface area contributed by atoms with E-state index in [9.17, 15) is 0 Å². The molecule has 0 radical (unpaired) electrons. The summed E-state index contributed by atoms with van der Waals surface area (Å²) in [6.45, 7) is 0. The largest absolute Gasteiger partial charge is 0.325 e. The van der Waals surface area contributed by atoms with Gasteiger partial charge in [-0.1, -0.05) is 18.9 Å². The molecular weight excluding hydrogens is 244 g/mol. The fraction of sp³-hybridized carbons (Fsp3) is 0.538. The third-order valence-electron chi connectivity index (χ3n) is 3.70. The summed E-state index contributed by atoms with van der Waals surface area (Å²) in [7, 11) is 1.96. The number of aryl methyl sites for hydroxylation is 1. The molecule has 1 saturated carbocycles. The molecular formula is C13H18N4S. The first-order valence-electron chi connectivity index (χ1n) is 6.39. The highest BCUT2D eigenvalue weighted by molar-refractivity contribution is 7.13. The molecule has 0 bridgehead atoms. The second kappa shape index (κ2) is 4.48. The lowest BCUT2D eigenvalue weighted by Crippen LogP contribution is -2.39. The lowest BCUT2D eigenvalue weighted by molar-refractivity contribution is 0.418. The van der Waals surface area contributed by atoms with Crippen LogP contribution in [0, 0.1) is 0 Å². The maximum absolute atomic E-state index is 6.41. The lowest BCUT2D eigenvalue weighted by Gasteiger charge is -2.22. The van der Waals surface area contributed by atoms with Gasteiger partial charge in [0.25, 0.3) is 0 Å². The second-order valence-electron chi connectivity index (χ2n) is 5.20. The van der Waals surface area contributed by atoms with Crippen molar-refractivity contribution in [3.05, 3.63) is 23.3 Å². The Morgan fingerprint density at radius 1 is 1.44 bits per heavy atom. The van der Waals surface area contributed by atoms with E-state index in [0.29, 0.717) is 0 Å². The van der Waals surface area contributed by atoms with Gasteiger partial charge in [-0.3, -0.25) is 4.68 Å². The molecule has 5 heteroatoms. The van der Waals surface area contributed by atoms with Gasteiger partial charge in [0.05, 0.1) is 4.88 Å². The molecule has 0 atom stereocenters. The fourth-order valence-electron chi connectivity index (χ4n) is 2.65. The van der Waals surface area contributed by atoms with Crippen molar-refractivity contribution in [1.29, 1.82) is 0 Å². The van der Waals surface area contributed by atoms with Crippen LogP contribution in [0.1, 0.15) is 31.5 Å². The number of thiophene rings is 1. The number of aromatic nitrogens is 3. The van der Waals surface area contributed by atoms with Crippen molar-refractivity contribution < 1.29 is 0 Å². The van der Waals surface area contributed by atoms with Crippen molar-refractivity contribution in [3.63, 3.8) is 0 Å². The second-order valence-corrected chi connectivity index (χ2v) is 6.15. The molecule has 4 nitrogen and oxygen atoms in total. The van der Waals surface area contributed by atoms with Crippen LogP contribution in [0.5, 0.6) is 0 Å². The Bertz CT molecular complexity index is 523. The number of hydrogen-bond acceptors (Lipinski definition) is 4. The molecule has 96 valence electrons. The van der Waals surface area contributed by atoms with Crippen LogP contribution in [0.25, 0.3) is 10.7 Å². The van der Waals surface area contributed by atoms with Gasteiger partial charge in [0.2, 0.25) is 0 Å². The molecule has 2 heterocycles. The van der Waals surface area contributed by atoms with E-state index < -0.39 is 0 Å². The molecule has 18 heavy (non-hydrogen) atoms. The topological polar surface area (TPSA) is 56.7 Å². The number of hydrogen-bond donors (Lipinski definition) is 1. The molecule has 0 unspecified atom stereocenters. The molecule has 0 spiro atoms. The fourth-order valence-corrected chi connectivity index (χ4v) is 3.30. The molecule has 0 aliphatic heterocycles. The Hall–Kier alpha value is -1.20. The van der Waals surface area contributed by atoms with E-state index in [1.165, 1.54) is 12.8 Å². The molecule has 1 aliphatic rings. The third kappa shape index (κ3) is 2.20. The monoisotopic (exact) mass is 262 g/mol. The average molecular weight is 262 g/mol. The maximum Gasteiger partial charge on any atom is 0.191 e. The number of nitrogens with zero attached hydrogens (tertiary/aromatic N) is 3. The highest BCUT2D eigenvalue weighted by Gasteiger charge is 2.31. The van der Waals surface area contributed by atoms with E-state index in [-0.39, 0.29) is 5.54 Å². The van der Waals surface area contributed by atoms with Crippen molar-refractivity contribution in [2.75, 3.05) is 0 Å². The van der Waals surface area contributed by atoms with Crippen LogP contribution < -0.4 is 5.73 Å². The van der Waals surface area contributed by atoms with Gasteiger partial charge < -0.3 is 5.73 Å². The smallest absolute Gasteiger partial charge is 0.191 e. The zero-order chi connectivity index (χ0) is 12.6. The van der Waals surface area contributed by atoms with E-state index in [4.69, 9.17) is 5.73 Å². The normalized spacial score (nSPS) is 18.3. The average Bonchev–Trinajstić information content (AvgIpc) is 3.02. The zero-order valence-corrected chi connectivity index (χ0v) is 11.4. The van der Waals surface area contributed by atoms with E-state index >= 15 is 0 Å². The Balaban J connectivity index is 1.85. The van der Waals surface area contributed by atoms with Gasteiger partial charge in [-0.15, -0.1) is 11.3 Å². The summed E-state index contributed by atoms with van der Waals surface area (Å²) >= 11 is 1.67.